The van der Waals surface area contributed by atoms with Gasteiger partial charge in [-0.1, -0.05) is 0 Å². The summed E-state index contributed by atoms with van der Waals surface area (Å²) in [5.74, 6) is 1.13. The molecule has 0 aromatic carbocycles. The first kappa shape index (κ1) is 15.4. The maximum absolute atomic E-state index is 8.75. The summed E-state index contributed by atoms with van der Waals surface area (Å²) in [4.78, 5) is 0. The topological polar surface area (TPSA) is 60.7 Å². The van der Waals surface area contributed by atoms with E-state index >= 15 is 0 Å². The summed E-state index contributed by atoms with van der Waals surface area (Å²) < 4.78 is 0. The van der Waals surface area contributed by atoms with Crippen molar-refractivity contribution >= 4 is 37.9 Å². The van der Waals surface area contributed by atoms with Crippen molar-refractivity contribution in [3.63, 3.8) is 0 Å². The Morgan fingerprint density at radius 3 is 1.25 bits per heavy atom. The van der Waals surface area contributed by atoms with E-state index in [1.54, 1.807) is 0 Å². The summed E-state index contributed by atoms with van der Waals surface area (Å²) in [5, 5.41) is 25.3. The summed E-state index contributed by atoms with van der Waals surface area (Å²) in [6.45, 7) is 0.184. The maximum Gasteiger partial charge on any atom is 0.0894 e. The van der Waals surface area contributed by atoms with Gasteiger partial charge in [-0.15, -0.1) is 0 Å². The summed E-state index contributed by atoms with van der Waals surface area (Å²) in [6.07, 6.45) is -1.48. The van der Waals surface area contributed by atoms with E-state index in [4.69, 9.17) is 15.3 Å². The Balaban J connectivity index is 0. The first-order valence-corrected chi connectivity index (χ1v) is 5.33. The highest BCUT2D eigenvalue weighted by Crippen LogP contribution is 1.96. The van der Waals surface area contributed by atoms with Crippen LogP contribution in [0.15, 0.2) is 0 Å². The first-order chi connectivity index (χ1) is 5.63. The maximum atomic E-state index is 8.75. The zero-order valence-electron chi connectivity index (χ0n) is 6.67. The number of hydrogen-bond acceptors (Lipinski definition) is 6. The number of thiol groups is 3. The zero-order valence-corrected chi connectivity index (χ0v) is 9.35. The summed E-state index contributed by atoms with van der Waals surface area (Å²) in [5.41, 5.74) is 0. The molecule has 6 heteroatoms. The molecule has 2 atom stereocenters. The van der Waals surface area contributed by atoms with Gasteiger partial charge in [0.05, 0.1) is 18.8 Å². The van der Waals surface area contributed by atoms with Gasteiger partial charge in [-0.2, -0.15) is 37.9 Å². The summed E-state index contributed by atoms with van der Waals surface area (Å²) >= 11 is 11.2. The third-order valence-electron chi connectivity index (χ3n) is 0.918. The summed E-state index contributed by atoms with van der Waals surface area (Å²) in [7, 11) is 0. The lowest BCUT2D eigenvalue weighted by Crippen LogP contribution is -2.28. The lowest BCUT2D eigenvalue weighted by molar-refractivity contribution is 0.0504. The molecule has 76 valence electrons. The molecule has 12 heavy (non-hydrogen) atoms. The van der Waals surface area contributed by atoms with Gasteiger partial charge < -0.3 is 15.3 Å². The van der Waals surface area contributed by atoms with Crippen molar-refractivity contribution in [3.8, 4) is 0 Å². The molecule has 0 aliphatic rings. The van der Waals surface area contributed by atoms with Crippen LogP contribution in [0.3, 0.4) is 0 Å². The second-order valence-corrected chi connectivity index (χ2v) is 3.12. The highest BCUT2D eigenvalue weighted by atomic mass is 32.1. The number of hydrogen-bond donors (Lipinski definition) is 6. The Hall–Kier alpha value is 0.930. The normalized spacial score (nSPS) is 14.5. The highest BCUT2D eigenvalue weighted by Gasteiger charge is 2.10. The van der Waals surface area contributed by atoms with Crippen LogP contribution in [0.4, 0.5) is 0 Å². The molecular formula is C6H16O3S3. The Kier molecular flexibility index (Phi) is 15.3. The second-order valence-electron chi connectivity index (χ2n) is 1.95. The minimum absolute atomic E-state index is 0.184. The third kappa shape index (κ3) is 10.9. The number of rotatable bonds is 4. The van der Waals surface area contributed by atoms with E-state index in [1.807, 2.05) is 0 Å². The van der Waals surface area contributed by atoms with E-state index in [0.29, 0.717) is 5.75 Å². The molecular weight excluding hydrogens is 216 g/mol. The lowest BCUT2D eigenvalue weighted by Gasteiger charge is -2.11. The molecule has 0 spiro atoms. The van der Waals surface area contributed by atoms with Crippen LogP contribution in [0.25, 0.3) is 0 Å². The Bertz CT molecular complexity index is 74.4. The van der Waals surface area contributed by atoms with Crippen LogP contribution in [-0.2, 0) is 0 Å². The van der Waals surface area contributed by atoms with Gasteiger partial charge in [0.15, 0.2) is 0 Å². The molecule has 0 heterocycles. The van der Waals surface area contributed by atoms with Gasteiger partial charge in [-0.3, -0.25) is 0 Å². The predicted molar refractivity (Wildman–Crippen MR) is 60.7 cm³/mol. The number of aliphatic hydroxyl groups excluding tert-OH is 3. The molecule has 0 aliphatic heterocycles. The molecule has 0 rings (SSSR count). The van der Waals surface area contributed by atoms with Crippen molar-refractivity contribution in [1.29, 1.82) is 0 Å². The van der Waals surface area contributed by atoms with Gasteiger partial charge in [0.1, 0.15) is 0 Å². The standard InChI is InChI=1S/C4H10O2S2.C2H6OS/c5-3(1-7)4(6)2-8;3-1-2-4/h3-8H,1-2H2;3-4H,1-2H2. The van der Waals surface area contributed by atoms with E-state index in [0.717, 1.165) is 0 Å². The fourth-order valence-electron chi connectivity index (χ4n) is 0.243. The van der Waals surface area contributed by atoms with Gasteiger partial charge >= 0.3 is 0 Å². The SMILES string of the molecule is OC(CS)C(O)CS.OCCS. The monoisotopic (exact) mass is 232 g/mol. The van der Waals surface area contributed by atoms with E-state index in [2.05, 4.69) is 37.9 Å². The predicted octanol–water partition coefficient (Wildman–Crippen LogP) is -0.524. The molecule has 0 radical (unpaired) electrons. The van der Waals surface area contributed by atoms with Gasteiger partial charge in [-0.05, 0) is 0 Å². The van der Waals surface area contributed by atoms with Crippen molar-refractivity contribution in [2.24, 2.45) is 0 Å². The molecule has 3 N–H and O–H groups in total. The Morgan fingerprint density at radius 1 is 0.917 bits per heavy atom. The van der Waals surface area contributed by atoms with E-state index in [-0.39, 0.29) is 18.1 Å². The van der Waals surface area contributed by atoms with Gasteiger partial charge in [0.25, 0.3) is 0 Å². The average molecular weight is 232 g/mol. The second kappa shape index (κ2) is 11.9. The van der Waals surface area contributed by atoms with E-state index in [9.17, 15) is 0 Å². The molecule has 0 fully saturated rings. The van der Waals surface area contributed by atoms with Crippen molar-refractivity contribution < 1.29 is 15.3 Å². The van der Waals surface area contributed by atoms with Crippen LogP contribution in [0, 0.1) is 0 Å². The Labute approximate surface area is 89.4 Å². The fourth-order valence-corrected chi connectivity index (χ4v) is 0.730. The van der Waals surface area contributed by atoms with Crippen LogP contribution >= 0.6 is 37.9 Å². The van der Waals surface area contributed by atoms with Crippen LogP contribution < -0.4 is 0 Å². The Morgan fingerprint density at radius 2 is 1.17 bits per heavy atom. The fraction of sp³-hybridized carbons (Fsp3) is 1.00. The molecule has 0 bridgehead atoms. The van der Waals surface area contributed by atoms with Gasteiger partial charge in [-0.25, -0.2) is 0 Å². The minimum Gasteiger partial charge on any atom is -0.396 e. The third-order valence-corrected chi connectivity index (χ3v) is 1.87. The average Bonchev–Trinajstić information content (AvgIpc) is 2.15. The van der Waals surface area contributed by atoms with Crippen LogP contribution in [-0.4, -0.2) is 51.4 Å². The minimum atomic E-state index is -0.740. The van der Waals surface area contributed by atoms with E-state index in [1.165, 1.54) is 0 Å². The van der Waals surface area contributed by atoms with Crippen molar-refractivity contribution in [1.82, 2.24) is 0 Å². The van der Waals surface area contributed by atoms with Crippen LogP contribution in [0.2, 0.25) is 0 Å². The smallest absolute Gasteiger partial charge is 0.0894 e. The largest absolute Gasteiger partial charge is 0.396 e. The zero-order chi connectivity index (χ0) is 9.98. The van der Waals surface area contributed by atoms with Crippen molar-refractivity contribution in [2.45, 2.75) is 12.2 Å². The first-order valence-electron chi connectivity index (χ1n) is 3.43. The van der Waals surface area contributed by atoms with Crippen molar-refractivity contribution in [3.05, 3.63) is 0 Å². The van der Waals surface area contributed by atoms with Gasteiger partial charge in [0.2, 0.25) is 0 Å². The highest BCUT2D eigenvalue weighted by molar-refractivity contribution is 7.80. The van der Waals surface area contributed by atoms with Crippen molar-refractivity contribution in [2.75, 3.05) is 23.9 Å². The molecule has 0 saturated heterocycles. The molecule has 0 saturated carbocycles. The molecule has 0 aromatic rings. The van der Waals surface area contributed by atoms with E-state index < -0.39 is 12.2 Å². The lowest BCUT2D eigenvalue weighted by atomic mass is 10.3. The number of aliphatic hydroxyl groups is 3. The quantitative estimate of drug-likeness (QED) is 0.370. The molecule has 0 aromatic heterocycles. The molecule has 2 unspecified atom stereocenters. The summed E-state index contributed by atoms with van der Waals surface area (Å²) in [6, 6.07) is 0. The molecule has 0 amide bonds. The molecule has 0 aliphatic carbocycles. The van der Waals surface area contributed by atoms with Gasteiger partial charge in [0, 0.05) is 17.3 Å². The molecule has 3 nitrogen and oxygen atoms in total. The van der Waals surface area contributed by atoms with Crippen LogP contribution in [0.5, 0.6) is 0 Å². The van der Waals surface area contributed by atoms with Crippen LogP contribution in [0.1, 0.15) is 0 Å².